The highest BCUT2D eigenvalue weighted by Crippen LogP contribution is 2.40. The lowest BCUT2D eigenvalue weighted by Crippen LogP contribution is -2.39. The summed E-state index contributed by atoms with van der Waals surface area (Å²) in [5.41, 5.74) is 1.88. The normalized spacial score (nSPS) is 13.1. The summed E-state index contributed by atoms with van der Waals surface area (Å²) < 4.78 is 44.8. The largest absolute Gasteiger partial charge is 0.376 e. The van der Waals surface area contributed by atoms with Crippen LogP contribution in [0.3, 0.4) is 0 Å². The molecule has 1 N–H and O–H groups in total. The molecule has 0 amide bonds. The maximum Gasteiger partial charge on any atom is 0.278 e. The standard InChI is InChI=1S/C29H38F3N5/c1-11-28(6,7)37(10)25-16-23-21(15-24(25)36(8)9)27(35-19(5)34-23)33-18(4)20-13-12-14-22(26(20)30)29(31,32)17(2)3/h11-18H,1H2,2-10H3,(H,33,34,35)/t18-/m1/s1. The summed E-state index contributed by atoms with van der Waals surface area (Å²) in [6.07, 6.45) is 1.89. The molecule has 0 radical (unpaired) electrons. The molecule has 3 aromatic rings. The highest BCUT2D eigenvalue weighted by molar-refractivity contribution is 5.97. The highest BCUT2D eigenvalue weighted by Gasteiger charge is 2.39. The number of nitrogens with zero attached hydrogens (tertiary/aromatic N) is 4. The van der Waals surface area contributed by atoms with Gasteiger partial charge in [-0.15, -0.1) is 6.58 Å². The Morgan fingerprint density at radius 3 is 2.24 bits per heavy atom. The molecule has 0 spiro atoms. The van der Waals surface area contributed by atoms with Crippen molar-refractivity contribution in [3.05, 3.63) is 65.8 Å². The zero-order chi connectivity index (χ0) is 27.9. The van der Waals surface area contributed by atoms with Crippen molar-refractivity contribution in [2.75, 3.05) is 36.3 Å². The van der Waals surface area contributed by atoms with Crippen molar-refractivity contribution in [3.63, 3.8) is 0 Å². The molecule has 5 nitrogen and oxygen atoms in total. The van der Waals surface area contributed by atoms with E-state index < -0.39 is 29.3 Å². The van der Waals surface area contributed by atoms with Gasteiger partial charge < -0.3 is 15.1 Å². The van der Waals surface area contributed by atoms with Gasteiger partial charge in [0.05, 0.1) is 34.0 Å². The highest BCUT2D eigenvalue weighted by atomic mass is 19.3. The number of benzene rings is 2. The summed E-state index contributed by atoms with van der Waals surface area (Å²) in [4.78, 5) is 13.4. The van der Waals surface area contributed by atoms with Gasteiger partial charge in [0.1, 0.15) is 17.5 Å². The van der Waals surface area contributed by atoms with E-state index >= 15 is 4.39 Å². The van der Waals surface area contributed by atoms with E-state index in [-0.39, 0.29) is 11.1 Å². The average Bonchev–Trinajstić information content (AvgIpc) is 2.82. The first kappa shape index (κ1) is 28.3. The third kappa shape index (κ3) is 5.38. The minimum absolute atomic E-state index is 0.152. The molecule has 37 heavy (non-hydrogen) atoms. The number of nitrogens with one attached hydrogen (secondary N) is 1. The van der Waals surface area contributed by atoms with Crippen LogP contribution >= 0.6 is 0 Å². The Balaban J connectivity index is 2.13. The van der Waals surface area contributed by atoms with Crippen LogP contribution in [0.1, 0.15) is 57.6 Å². The molecule has 0 saturated heterocycles. The van der Waals surface area contributed by atoms with Crippen LogP contribution in [-0.4, -0.2) is 36.6 Å². The van der Waals surface area contributed by atoms with Crippen LogP contribution in [0.25, 0.3) is 10.9 Å². The number of hydrogen-bond acceptors (Lipinski definition) is 5. The third-order valence-electron chi connectivity index (χ3n) is 7.04. The maximum atomic E-state index is 15.4. The number of halogens is 3. The van der Waals surface area contributed by atoms with Crippen LogP contribution in [-0.2, 0) is 5.92 Å². The molecular formula is C29H38F3N5. The molecule has 8 heteroatoms. The van der Waals surface area contributed by atoms with E-state index in [0.29, 0.717) is 11.6 Å². The minimum atomic E-state index is -3.28. The van der Waals surface area contributed by atoms with Gasteiger partial charge in [0, 0.05) is 38.0 Å². The van der Waals surface area contributed by atoms with Gasteiger partial charge >= 0.3 is 0 Å². The lowest BCUT2D eigenvalue weighted by molar-refractivity contribution is -0.0545. The molecule has 1 aromatic heterocycles. The monoisotopic (exact) mass is 513 g/mol. The second-order valence-electron chi connectivity index (χ2n) is 10.6. The van der Waals surface area contributed by atoms with E-state index in [4.69, 9.17) is 0 Å². The molecule has 0 aliphatic heterocycles. The lowest BCUT2D eigenvalue weighted by atomic mass is 9.94. The molecule has 2 aromatic carbocycles. The Bertz CT molecular complexity index is 1300. The van der Waals surface area contributed by atoms with Crippen molar-refractivity contribution in [1.29, 1.82) is 0 Å². The first-order chi connectivity index (χ1) is 17.1. The van der Waals surface area contributed by atoms with Gasteiger partial charge in [0.15, 0.2) is 0 Å². The van der Waals surface area contributed by atoms with Crippen molar-refractivity contribution in [2.45, 2.75) is 59.0 Å². The van der Waals surface area contributed by atoms with Crippen molar-refractivity contribution >= 4 is 28.1 Å². The van der Waals surface area contributed by atoms with Crippen LogP contribution in [0.5, 0.6) is 0 Å². The molecule has 1 heterocycles. The van der Waals surface area contributed by atoms with Gasteiger partial charge in [-0.3, -0.25) is 0 Å². The van der Waals surface area contributed by atoms with Gasteiger partial charge in [-0.2, -0.15) is 0 Å². The van der Waals surface area contributed by atoms with E-state index in [2.05, 4.69) is 40.6 Å². The smallest absolute Gasteiger partial charge is 0.278 e. The second-order valence-corrected chi connectivity index (χ2v) is 10.6. The fraction of sp³-hybridized carbons (Fsp3) is 0.448. The molecule has 0 unspecified atom stereocenters. The third-order valence-corrected chi connectivity index (χ3v) is 7.04. The second kappa shape index (κ2) is 10.2. The Morgan fingerprint density at radius 2 is 1.68 bits per heavy atom. The lowest BCUT2D eigenvalue weighted by Gasteiger charge is -2.37. The molecule has 1 atom stereocenters. The Morgan fingerprint density at radius 1 is 1.03 bits per heavy atom. The summed E-state index contributed by atoms with van der Waals surface area (Å²) in [6.45, 7) is 14.4. The summed E-state index contributed by atoms with van der Waals surface area (Å²) >= 11 is 0. The van der Waals surface area contributed by atoms with Gasteiger partial charge in [-0.05, 0) is 39.8 Å². The number of hydrogen-bond donors (Lipinski definition) is 1. The van der Waals surface area contributed by atoms with Crippen LogP contribution in [0.4, 0.5) is 30.4 Å². The predicted molar refractivity (Wildman–Crippen MR) is 148 cm³/mol. The van der Waals surface area contributed by atoms with Crippen molar-refractivity contribution in [1.82, 2.24) is 9.97 Å². The molecule has 3 rings (SSSR count). The molecule has 0 aliphatic rings. The summed E-state index contributed by atoms with van der Waals surface area (Å²) in [5.74, 6) is -4.16. The molecule has 0 fully saturated rings. The number of rotatable bonds is 9. The number of aromatic nitrogens is 2. The zero-order valence-corrected chi connectivity index (χ0v) is 23.2. The van der Waals surface area contributed by atoms with Crippen molar-refractivity contribution in [2.24, 2.45) is 5.92 Å². The van der Waals surface area contributed by atoms with E-state index in [1.54, 1.807) is 13.8 Å². The minimum Gasteiger partial charge on any atom is -0.376 e. The van der Waals surface area contributed by atoms with E-state index in [1.807, 2.05) is 44.3 Å². The van der Waals surface area contributed by atoms with Crippen LogP contribution in [0.15, 0.2) is 43.0 Å². The number of fused-ring (bicyclic) bond motifs is 1. The molecule has 0 saturated carbocycles. The van der Waals surface area contributed by atoms with E-state index in [1.165, 1.54) is 26.0 Å². The summed E-state index contributed by atoms with van der Waals surface area (Å²) in [7, 11) is 5.92. The van der Waals surface area contributed by atoms with Crippen LogP contribution < -0.4 is 15.1 Å². The number of anilines is 3. The Hall–Kier alpha value is -3.29. The zero-order valence-electron chi connectivity index (χ0n) is 23.2. The predicted octanol–water partition coefficient (Wildman–Crippen LogP) is 7.47. The first-order valence-electron chi connectivity index (χ1n) is 12.4. The number of likely N-dealkylation sites (N-methyl/N-ethyl adjacent to an activating group) is 1. The topological polar surface area (TPSA) is 44.3 Å². The van der Waals surface area contributed by atoms with Gasteiger partial charge in [-0.25, -0.2) is 23.1 Å². The number of aryl methyl sites for hydroxylation is 1. The average molecular weight is 514 g/mol. The van der Waals surface area contributed by atoms with E-state index in [0.717, 1.165) is 28.3 Å². The summed E-state index contributed by atoms with van der Waals surface area (Å²) in [5, 5.41) is 4.01. The number of alkyl halides is 2. The molecule has 200 valence electrons. The quantitative estimate of drug-likeness (QED) is 0.301. The molecular weight excluding hydrogens is 475 g/mol. The van der Waals surface area contributed by atoms with Crippen LogP contribution in [0, 0.1) is 18.7 Å². The van der Waals surface area contributed by atoms with Crippen LogP contribution in [0.2, 0.25) is 0 Å². The van der Waals surface area contributed by atoms with Crippen molar-refractivity contribution in [3.8, 4) is 0 Å². The van der Waals surface area contributed by atoms with Gasteiger partial charge in [0.25, 0.3) is 5.92 Å². The summed E-state index contributed by atoms with van der Waals surface area (Å²) in [6, 6.07) is 7.53. The fourth-order valence-electron chi connectivity index (χ4n) is 4.19. The van der Waals surface area contributed by atoms with Gasteiger partial charge in [-0.1, -0.05) is 38.1 Å². The Kier molecular flexibility index (Phi) is 7.82. The molecule has 0 aliphatic carbocycles. The SMILES string of the molecule is C=CC(C)(C)N(C)c1cc2nc(C)nc(N[C@H](C)c3cccc(C(F)(F)C(C)C)c3F)c2cc1N(C)C. The maximum absolute atomic E-state index is 15.4. The Labute approximate surface area is 218 Å². The first-order valence-corrected chi connectivity index (χ1v) is 12.4. The molecule has 0 bridgehead atoms. The van der Waals surface area contributed by atoms with Crippen molar-refractivity contribution < 1.29 is 13.2 Å². The fourth-order valence-corrected chi connectivity index (χ4v) is 4.19. The van der Waals surface area contributed by atoms with E-state index in [9.17, 15) is 8.78 Å². The van der Waals surface area contributed by atoms with Gasteiger partial charge in [0.2, 0.25) is 0 Å².